The predicted octanol–water partition coefficient (Wildman–Crippen LogP) is 5.67. The lowest BCUT2D eigenvalue weighted by Gasteiger charge is -2.42. The van der Waals surface area contributed by atoms with E-state index in [1.807, 2.05) is 0 Å². The summed E-state index contributed by atoms with van der Waals surface area (Å²) < 4.78 is 113. The summed E-state index contributed by atoms with van der Waals surface area (Å²) in [7, 11) is -1.60. The Balaban J connectivity index is 1.96. The smallest absolute Gasteiger partial charge is 0.400 e. The van der Waals surface area contributed by atoms with E-state index in [4.69, 9.17) is 90.4 Å². The van der Waals surface area contributed by atoms with Gasteiger partial charge in [-0.2, -0.15) is 0 Å². The summed E-state index contributed by atoms with van der Waals surface area (Å²) in [6, 6.07) is 2.91. The lowest BCUT2D eigenvalue weighted by molar-refractivity contribution is -0.272. The minimum absolute atomic E-state index is 0.00393. The Morgan fingerprint density at radius 1 is 0.625 bits per heavy atom. The molecular weight excluding hydrogens is 1000 g/mol. The van der Waals surface area contributed by atoms with E-state index >= 15 is 14.4 Å². The van der Waals surface area contributed by atoms with Crippen LogP contribution in [0.25, 0.3) is 0 Å². The molecule has 0 N–H and O–H groups in total. The quantitative estimate of drug-likeness (QED) is 0.0221. The van der Waals surface area contributed by atoms with Gasteiger partial charge in [0.25, 0.3) is 0 Å². The Bertz CT molecular complexity index is 2160. The predicted molar refractivity (Wildman–Crippen MR) is 247 cm³/mol. The molecule has 0 spiro atoms. The molecule has 0 saturated heterocycles. The molecule has 406 valence electrons. The summed E-state index contributed by atoms with van der Waals surface area (Å²) >= 11 is 0. The van der Waals surface area contributed by atoms with Gasteiger partial charge in [0, 0.05) is 58.0 Å². The van der Waals surface area contributed by atoms with Gasteiger partial charge in [-0.25, -0.2) is 19.6 Å². The van der Waals surface area contributed by atoms with Gasteiger partial charge in [0.2, 0.25) is 11.6 Å². The van der Waals surface area contributed by atoms with E-state index in [2.05, 4.69) is 0 Å². The van der Waals surface area contributed by atoms with E-state index in [1.54, 1.807) is 0 Å². The Kier molecular flexibility index (Phi) is 25.1. The largest absolute Gasteiger partial charge is 0.493 e. The van der Waals surface area contributed by atoms with E-state index in [0.29, 0.717) is 0 Å². The first kappa shape index (κ1) is 60.6. The van der Waals surface area contributed by atoms with Crippen LogP contribution in [0.3, 0.4) is 0 Å². The van der Waals surface area contributed by atoms with E-state index in [-0.39, 0.29) is 142 Å². The van der Waals surface area contributed by atoms with E-state index in [9.17, 15) is 13.9 Å². The van der Waals surface area contributed by atoms with Crippen LogP contribution in [0.15, 0.2) is 12.1 Å². The Morgan fingerprint density at radius 3 is 1.65 bits per heavy atom. The summed E-state index contributed by atoms with van der Waals surface area (Å²) in [5.41, 5.74) is -2.10. The number of Topliss-reactive ketones (excluding diaryl/α,β-unsaturated/α-hetero) is 1. The number of hydrogen-bond acceptors (Lipinski definition) is 25. The van der Waals surface area contributed by atoms with Crippen LogP contribution < -0.4 is 18.9 Å². The number of carbonyl (C=O) groups is 4. The molecule has 0 radical (unpaired) electrons. The maximum absolute atomic E-state index is 15.1. The van der Waals surface area contributed by atoms with Gasteiger partial charge in [0.1, 0.15) is 30.3 Å². The summed E-state index contributed by atoms with van der Waals surface area (Å²) in [6.07, 6.45) is -3.08. The standard InChI is InChI=1S/C45H66O25P2/c1-11-63-67-71(50,68-64-12-2)35(72(51,69-65-13-3)70-66-14-4)25-34(47)61-28-33(46)45(62-24-20-55-8)26-30-36(32(27-45)58-21-17-52-5)44(60-23-19-54-7)39-38(42(30)59-22-18-53-6)40(48)29-15-16-31(56-9)43(57-10)37(29)41(39)49/h15-16,32,35H,11-14,17-28H2,1-10H3. The molecule has 72 heavy (non-hydrogen) atoms. The zero-order valence-electron chi connectivity index (χ0n) is 42.2. The number of esters is 1. The van der Waals surface area contributed by atoms with Gasteiger partial charge in [-0.15, -0.1) is 18.7 Å². The second kappa shape index (κ2) is 29.8. The topological polar surface area (TPSA) is 278 Å². The van der Waals surface area contributed by atoms with Crippen LogP contribution >= 0.6 is 15.2 Å². The van der Waals surface area contributed by atoms with Crippen LogP contribution in [-0.2, 0) is 96.5 Å². The van der Waals surface area contributed by atoms with Gasteiger partial charge in [-0.1, -0.05) is 0 Å². The Labute approximate surface area is 417 Å². The summed E-state index contributed by atoms with van der Waals surface area (Å²) in [6.45, 7) is 3.59. The monoisotopic (exact) mass is 1070 g/mol. The minimum atomic E-state index is -5.04. The molecule has 2 aliphatic rings. The fourth-order valence-electron chi connectivity index (χ4n) is 7.59. The van der Waals surface area contributed by atoms with E-state index in [0.717, 1.165) is 0 Å². The SMILES string of the molecule is CCOOP(=O)(OOCC)C(CC(=O)OCC(=O)C1(OCCOC)Cc2c(OCCOC)c3c(c(OCCOC)c2C(OCCOC)C1)C(=O)c1c(ccc(OC)c1OC)C3=O)P(=O)(OOCC)OOCC. The third-order valence-corrected chi connectivity index (χ3v) is 15.5. The average Bonchev–Trinajstić information content (AvgIpc) is 3.38. The molecular formula is C45H66O25P2. The molecule has 0 amide bonds. The van der Waals surface area contributed by atoms with Crippen molar-refractivity contribution >= 4 is 38.5 Å². The van der Waals surface area contributed by atoms with Crippen molar-refractivity contribution in [3.8, 4) is 23.0 Å². The van der Waals surface area contributed by atoms with Crippen LogP contribution in [0.5, 0.6) is 23.0 Å². The van der Waals surface area contributed by atoms with Crippen molar-refractivity contribution < 1.29 is 119 Å². The van der Waals surface area contributed by atoms with Gasteiger partial charge >= 0.3 is 21.2 Å². The number of hydrogen-bond donors (Lipinski definition) is 0. The number of rotatable bonds is 37. The normalized spacial score (nSPS) is 16.6. The number of carbonyl (C=O) groups excluding carboxylic acids is 4. The Morgan fingerprint density at radius 2 is 1.14 bits per heavy atom. The molecule has 2 aromatic rings. The molecule has 0 aliphatic heterocycles. The van der Waals surface area contributed by atoms with Crippen LogP contribution in [0.1, 0.15) is 89.6 Å². The lowest BCUT2D eigenvalue weighted by Crippen LogP contribution is -2.51. The van der Waals surface area contributed by atoms with Crippen molar-refractivity contribution in [1.82, 2.24) is 0 Å². The van der Waals surface area contributed by atoms with Crippen molar-refractivity contribution in [2.75, 3.05) is 129 Å². The number of benzene rings is 2. The highest BCUT2D eigenvalue weighted by Crippen LogP contribution is 2.72. The third-order valence-electron chi connectivity index (χ3n) is 10.7. The molecule has 2 aromatic carbocycles. The zero-order chi connectivity index (χ0) is 52.9. The van der Waals surface area contributed by atoms with Crippen molar-refractivity contribution in [1.29, 1.82) is 0 Å². The van der Waals surface area contributed by atoms with Gasteiger partial charge in [0.05, 0.1) is 110 Å². The molecule has 0 fully saturated rings. The lowest BCUT2D eigenvalue weighted by atomic mass is 9.71. The number of ether oxygens (including phenoxy) is 11. The van der Waals surface area contributed by atoms with Crippen LogP contribution in [0.4, 0.5) is 0 Å². The molecule has 0 bridgehead atoms. The number of methoxy groups -OCH3 is 6. The van der Waals surface area contributed by atoms with Gasteiger partial charge in [-0.3, -0.25) is 28.3 Å². The van der Waals surface area contributed by atoms with Gasteiger partial charge < -0.3 is 52.1 Å². The summed E-state index contributed by atoms with van der Waals surface area (Å²) in [4.78, 5) is 78.8. The zero-order valence-corrected chi connectivity index (χ0v) is 44.0. The maximum Gasteiger partial charge on any atom is 0.400 e. The van der Waals surface area contributed by atoms with Crippen molar-refractivity contribution in [2.24, 2.45) is 0 Å². The second-order valence-electron chi connectivity index (χ2n) is 15.2. The van der Waals surface area contributed by atoms with E-state index < -0.39 is 75.1 Å². The van der Waals surface area contributed by atoms with Gasteiger partial charge in [0.15, 0.2) is 29.3 Å². The highest BCUT2D eigenvalue weighted by molar-refractivity contribution is 7.72. The van der Waals surface area contributed by atoms with Crippen LogP contribution in [0.2, 0.25) is 0 Å². The first-order chi connectivity index (χ1) is 34.7. The fraction of sp³-hybridized carbons (Fsp3) is 0.644. The molecule has 0 heterocycles. The molecule has 0 aromatic heterocycles. The van der Waals surface area contributed by atoms with Crippen molar-refractivity contribution in [3.63, 3.8) is 0 Å². The molecule has 2 unspecified atom stereocenters. The third kappa shape index (κ3) is 14.4. The molecule has 25 nitrogen and oxygen atoms in total. The van der Waals surface area contributed by atoms with E-state index in [1.165, 1.54) is 82.5 Å². The molecule has 2 aliphatic carbocycles. The number of fused-ring (bicyclic) bond motifs is 3. The molecule has 4 rings (SSSR count). The Hall–Kier alpha value is -3.98. The average molecular weight is 1070 g/mol. The molecule has 2 atom stereocenters. The first-order valence-electron chi connectivity index (χ1n) is 22.9. The van der Waals surface area contributed by atoms with Crippen molar-refractivity contribution in [2.45, 2.75) is 64.1 Å². The highest BCUT2D eigenvalue weighted by atomic mass is 31.2. The maximum atomic E-state index is 15.1. The summed E-state index contributed by atoms with van der Waals surface area (Å²) in [5.74, 6) is -3.49. The molecule has 27 heteroatoms. The highest BCUT2D eigenvalue weighted by Gasteiger charge is 2.57. The molecule has 0 saturated carbocycles. The summed E-state index contributed by atoms with van der Waals surface area (Å²) in [5, 5.41) is -2.25. The first-order valence-corrected chi connectivity index (χ1v) is 26.1. The van der Waals surface area contributed by atoms with Crippen LogP contribution in [-0.4, -0.2) is 163 Å². The van der Waals surface area contributed by atoms with Crippen LogP contribution in [0, 0.1) is 0 Å². The fourth-order valence-corrected chi connectivity index (χ4v) is 11.6. The van der Waals surface area contributed by atoms with Gasteiger partial charge in [-0.05, 0) is 39.8 Å². The number of ketones is 3. The minimum Gasteiger partial charge on any atom is -0.493 e. The van der Waals surface area contributed by atoms with Crippen molar-refractivity contribution in [3.05, 3.63) is 45.5 Å². The second-order valence-corrected chi connectivity index (χ2v) is 19.6.